The first kappa shape index (κ1) is 16.8. The van der Waals surface area contributed by atoms with Crippen LogP contribution in [-0.4, -0.2) is 19.7 Å². The Morgan fingerprint density at radius 2 is 2.00 bits per heavy atom. The van der Waals surface area contributed by atoms with Crippen molar-refractivity contribution in [1.29, 1.82) is 0 Å². The largest absolute Gasteiger partial charge is 0.334 e. The smallest absolute Gasteiger partial charge is 0.259 e. The first-order chi connectivity index (χ1) is 13.1. The van der Waals surface area contributed by atoms with Crippen molar-refractivity contribution in [3.63, 3.8) is 0 Å². The molecular formula is C20H15FN4O2. The molecule has 7 heteroatoms. The molecule has 0 N–H and O–H groups in total. The van der Waals surface area contributed by atoms with Gasteiger partial charge in [0.05, 0.1) is 18.3 Å². The quantitative estimate of drug-likeness (QED) is 0.556. The molecule has 27 heavy (non-hydrogen) atoms. The monoisotopic (exact) mass is 362 g/mol. The van der Waals surface area contributed by atoms with Crippen LogP contribution in [0.5, 0.6) is 0 Å². The molecule has 3 aromatic heterocycles. The molecule has 6 nitrogen and oxygen atoms in total. The second kappa shape index (κ2) is 6.95. The highest BCUT2D eigenvalue weighted by molar-refractivity contribution is 5.59. The fourth-order valence-corrected chi connectivity index (χ4v) is 2.76. The van der Waals surface area contributed by atoms with Crippen molar-refractivity contribution in [2.75, 3.05) is 0 Å². The van der Waals surface area contributed by atoms with Crippen molar-refractivity contribution < 1.29 is 8.91 Å². The van der Waals surface area contributed by atoms with E-state index >= 15 is 0 Å². The number of aryl methyl sites for hydroxylation is 1. The Labute approximate surface area is 153 Å². The van der Waals surface area contributed by atoms with Gasteiger partial charge in [-0.3, -0.25) is 9.78 Å². The molecule has 3 heterocycles. The van der Waals surface area contributed by atoms with E-state index in [1.165, 1.54) is 22.9 Å². The maximum absolute atomic E-state index is 13.3. The number of hydrogen-bond donors (Lipinski definition) is 0. The minimum atomic E-state index is -0.448. The predicted molar refractivity (Wildman–Crippen MR) is 97.5 cm³/mol. The Morgan fingerprint density at radius 3 is 2.81 bits per heavy atom. The van der Waals surface area contributed by atoms with Crippen LogP contribution in [0.4, 0.5) is 4.39 Å². The molecule has 0 fully saturated rings. The SMILES string of the molecule is Cc1cccc(-c2noc(-c3ccc(=O)n(Cc4cncc(F)c4)c3)n2)c1. The summed E-state index contributed by atoms with van der Waals surface area (Å²) >= 11 is 0. The summed E-state index contributed by atoms with van der Waals surface area (Å²) in [6.45, 7) is 2.18. The predicted octanol–water partition coefficient (Wildman–Crippen LogP) is 3.46. The van der Waals surface area contributed by atoms with Crippen molar-refractivity contribution in [2.24, 2.45) is 0 Å². The zero-order chi connectivity index (χ0) is 18.8. The first-order valence-corrected chi connectivity index (χ1v) is 8.29. The molecule has 0 bridgehead atoms. The maximum Gasteiger partial charge on any atom is 0.259 e. The van der Waals surface area contributed by atoms with Gasteiger partial charge in [-0.25, -0.2) is 4.39 Å². The van der Waals surface area contributed by atoms with Gasteiger partial charge in [0.25, 0.3) is 11.4 Å². The van der Waals surface area contributed by atoms with Gasteiger partial charge in [0.1, 0.15) is 5.82 Å². The van der Waals surface area contributed by atoms with Crippen LogP contribution >= 0.6 is 0 Å². The van der Waals surface area contributed by atoms with Gasteiger partial charge >= 0.3 is 0 Å². The van der Waals surface area contributed by atoms with Crippen molar-refractivity contribution in [2.45, 2.75) is 13.5 Å². The van der Waals surface area contributed by atoms with Gasteiger partial charge in [-0.1, -0.05) is 28.9 Å². The summed E-state index contributed by atoms with van der Waals surface area (Å²) in [6, 6.07) is 12.2. The average Bonchev–Trinajstić information content (AvgIpc) is 3.14. The molecule has 4 rings (SSSR count). The van der Waals surface area contributed by atoms with Gasteiger partial charge in [-0.05, 0) is 30.7 Å². The molecule has 4 aromatic rings. The molecule has 0 spiro atoms. The topological polar surface area (TPSA) is 73.8 Å². The van der Waals surface area contributed by atoms with Gasteiger partial charge in [0.2, 0.25) is 5.82 Å². The molecule has 0 saturated carbocycles. The van der Waals surface area contributed by atoms with Gasteiger partial charge in [-0.2, -0.15) is 4.98 Å². The fraction of sp³-hybridized carbons (Fsp3) is 0.100. The van der Waals surface area contributed by atoms with E-state index in [9.17, 15) is 9.18 Å². The summed E-state index contributed by atoms with van der Waals surface area (Å²) in [5.41, 5.74) is 2.91. The molecule has 0 saturated heterocycles. The molecule has 0 aliphatic heterocycles. The third-order valence-corrected chi connectivity index (χ3v) is 4.05. The van der Waals surface area contributed by atoms with Crippen LogP contribution in [0.2, 0.25) is 0 Å². The molecule has 0 radical (unpaired) electrons. The van der Waals surface area contributed by atoms with Crippen LogP contribution in [0.3, 0.4) is 0 Å². The highest BCUT2D eigenvalue weighted by atomic mass is 19.1. The van der Waals surface area contributed by atoms with Crippen molar-refractivity contribution in [1.82, 2.24) is 19.7 Å². The van der Waals surface area contributed by atoms with Crippen LogP contribution < -0.4 is 5.56 Å². The number of halogens is 1. The number of nitrogens with zero attached hydrogens (tertiary/aromatic N) is 4. The zero-order valence-corrected chi connectivity index (χ0v) is 14.5. The first-order valence-electron chi connectivity index (χ1n) is 8.29. The van der Waals surface area contributed by atoms with E-state index in [4.69, 9.17) is 4.52 Å². The molecular weight excluding hydrogens is 347 g/mol. The van der Waals surface area contributed by atoms with Crippen LogP contribution in [0.15, 0.2) is 70.4 Å². The minimum Gasteiger partial charge on any atom is -0.334 e. The lowest BCUT2D eigenvalue weighted by Gasteiger charge is -2.06. The average molecular weight is 362 g/mol. The van der Waals surface area contributed by atoms with Crippen LogP contribution in [0, 0.1) is 12.7 Å². The number of hydrogen-bond acceptors (Lipinski definition) is 5. The Balaban J connectivity index is 1.66. The van der Waals surface area contributed by atoms with E-state index < -0.39 is 5.82 Å². The molecule has 0 amide bonds. The van der Waals surface area contributed by atoms with Gasteiger partial charge in [0.15, 0.2) is 0 Å². The molecule has 1 aromatic carbocycles. The Bertz CT molecular complexity index is 1170. The van der Waals surface area contributed by atoms with Gasteiger partial charge in [0, 0.05) is 24.0 Å². The Hall–Kier alpha value is -3.61. The second-order valence-electron chi connectivity index (χ2n) is 6.19. The fourth-order valence-electron chi connectivity index (χ4n) is 2.76. The molecule has 134 valence electrons. The van der Waals surface area contributed by atoms with E-state index in [1.807, 2.05) is 31.2 Å². The summed E-state index contributed by atoms with van der Waals surface area (Å²) in [5, 5.41) is 4.02. The Kier molecular flexibility index (Phi) is 4.33. The standard InChI is InChI=1S/C20H15FN4O2/c1-13-3-2-4-15(7-13)19-23-20(27-24-19)16-5-6-18(26)25(12-16)11-14-8-17(21)10-22-9-14/h2-10,12H,11H2,1H3. The zero-order valence-electron chi connectivity index (χ0n) is 14.5. The molecule has 0 unspecified atom stereocenters. The number of benzene rings is 1. The number of pyridine rings is 2. The lowest BCUT2D eigenvalue weighted by atomic mass is 10.1. The molecule has 0 atom stereocenters. The van der Waals surface area contributed by atoms with E-state index in [0.29, 0.717) is 22.8 Å². The lowest BCUT2D eigenvalue weighted by molar-refractivity contribution is 0.432. The summed E-state index contributed by atoms with van der Waals surface area (Å²) in [6.07, 6.45) is 4.25. The van der Waals surface area contributed by atoms with Crippen molar-refractivity contribution >= 4 is 0 Å². The van der Waals surface area contributed by atoms with E-state index in [0.717, 1.165) is 17.3 Å². The van der Waals surface area contributed by atoms with Gasteiger partial charge < -0.3 is 9.09 Å². The van der Waals surface area contributed by atoms with Crippen LogP contribution in [0.25, 0.3) is 22.8 Å². The van der Waals surface area contributed by atoms with E-state index in [1.54, 1.807) is 12.3 Å². The molecule has 0 aliphatic rings. The van der Waals surface area contributed by atoms with E-state index in [-0.39, 0.29) is 12.1 Å². The van der Waals surface area contributed by atoms with Crippen LogP contribution in [-0.2, 0) is 6.54 Å². The van der Waals surface area contributed by atoms with Crippen LogP contribution in [0.1, 0.15) is 11.1 Å². The summed E-state index contributed by atoms with van der Waals surface area (Å²) in [7, 11) is 0. The highest BCUT2D eigenvalue weighted by Gasteiger charge is 2.12. The van der Waals surface area contributed by atoms with E-state index in [2.05, 4.69) is 15.1 Å². The normalized spacial score (nSPS) is 10.9. The third-order valence-electron chi connectivity index (χ3n) is 4.05. The molecule has 0 aliphatic carbocycles. The van der Waals surface area contributed by atoms with Crippen molar-refractivity contribution in [3.8, 4) is 22.8 Å². The Morgan fingerprint density at radius 1 is 1.11 bits per heavy atom. The second-order valence-corrected chi connectivity index (χ2v) is 6.19. The summed E-state index contributed by atoms with van der Waals surface area (Å²) in [4.78, 5) is 20.4. The number of aromatic nitrogens is 4. The summed E-state index contributed by atoms with van der Waals surface area (Å²) in [5.74, 6) is 0.329. The summed E-state index contributed by atoms with van der Waals surface area (Å²) < 4.78 is 20.1. The lowest BCUT2D eigenvalue weighted by Crippen LogP contribution is -2.19. The number of rotatable bonds is 4. The van der Waals surface area contributed by atoms with Crippen molar-refractivity contribution in [3.05, 3.63) is 88.4 Å². The third kappa shape index (κ3) is 3.67. The van der Waals surface area contributed by atoms with Gasteiger partial charge in [-0.15, -0.1) is 0 Å². The maximum atomic E-state index is 13.3. The minimum absolute atomic E-state index is 0.191. The highest BCUT2D eigenvalue weighted by Crippen LogP contribution is 2.22.